The highest BCUT2D eigenvalue weighted by Gasteiger charge is 2.17. The summed E-state index contributed by atoms with van der Waals surface area (Å²) in [6.45, 7) is 1.67. The number of hydrogen-bond donors (Lipinski definition) is 0. The number of ether oxygens (including phenoxy) is 3. The third-order valence-electron chi connectivity index (χ3n) is 5.24. The summed E-state index contributed by atoms with van der Waals surface area (Å²) in [5.41, 5.74) is 1.00. The van der Waals surface area contributed by atoms with Gasteiger partial charge in [-0.15, -0.1) is 0 Å². The van der Waals surface area contributed by atoms with Gasteiger partial charge in [-0.2, -0.15) is 0 Å². The number of methoxy groups -OCH3 is 2. The van der Waals surface area contributed by atoms with Crippen LogP contribution in [0.15, 0.2) is 69.9 Å². The van der Waals surface area contributed by atoms with Crippen LogP contribution in [0.2, 0.25) is 0 Å². The highest BCUT2D eigenvalue weighted by atomic mass is 16.6. The van der Waals surface area contributed by atoms with Crippen LogP contribution in [0.25, 0.3) is 22.1 Å². The lowest BCUT2D eigenvalue weighted by Crippen LogP contribution is -2.10. The number of non-ortho nitro benzene ring substituents is 1. The maximum Gasteiger partial charge on any atom is 0.343 e. The van der Waals surface area contributed by atoms with E-state index in [1.807, 2.05) is 0 Å². The normalized spacial score (nSPS) is 10.7. The summed E-state index contributed by atoms with van der Waals surface area (Å²) in [7, 11) is 3.04. The summed E-state index contributed by atoms with van der Waals surface area (Å²) in [5.74, 6) is 0.858. The number of hydrogen-bond acceptors (Lipinski definition) is 8. The number of benzene rings is 3. The molecule has 0 spiro atoms. The SMILES string of the molecule is COc1ccc(-c2c(C)oc3cc(OC(=O)c4ccc([N+](=O)[O-])cc4)ccc3c2=O)cc1OC. The molecule has 9 heteroatoms. The summed E-state index contributed by atoms with van der Waals surface area (Å²) >= 11 is 0. The van der Waals surface area contributed by atoms with Gasteiger partial charge in [-0.1, -0.05) is 6.07 Å². The van der Waals surface area contributed by atoms with E-state index in [0.717, 1.165) is 0 Å². The molecule has 0 radical (unpaired) electrons. The predicted octanol–water partition coefficient (Wildman–Crippen LogP) is 4.91. The Kier molecular flexibility index (Phi) is 6.01. The first kappa shape index (κ1) is 22.5. The molecule has 1 heterocycles. The minimum Gasteiger partial charge on any atom is -0.493 e. The van der Waals surface area contributed by atoms with Crippen molar-refractivity contribution in [2.45, 2.75) is 6.92 Å². The maximum atomic E-state index is 13.3. The van der Waals surface area contributed by atoms with Gasteiger partial charge in [0.25, 0.3) is 5.69 Å². The van der Waals surface area contributed by atoms with Crippen LogP contribution >= 0.6 is 0 Å². The average molecular weight is 461 g/mol. The third kappa shape index (κ3) is 4.18. The van der Waals surface area contributed by atoms with Crippen LogP contribution in [0.4, 0.5) is 5.69 Å². The number of fused-ring (bicyclic) bond motifs is 1. The summed E-state index contributed by atoms with van der Waals surface area (Å²) in [5, 5.41) is 11.1. The Morgan fingerprint density at radius 2 is 1.65 bits per heavy atom. The van der Waals surface area contributed by atoms with E-state index in [-0.39, 0.29) is 28.0 Å². The van der Waals surface area contributed by atoms with Gasteiger partial charge in [0.2, 0.25) is 5.43 Å². The molecule has 9 nitrogen and oxygen atoms in total. The fraction of sp³-hybridized carbons (Fsp3) is 0.120. The van der Waals surface area contributed by atoms with E-state index in [1.54, 1.807) is 25.1 Å². The lowest BCUT2D eigenvalue weighted by atomic mass is 10.0. The van der Waals surface area contributed by atoms with Crippen molar-refractivity contribution in [2.24, 2.45) is 0 Å². The van der Waals surface area contributed by atoms with Gasteiger partial charge in [0.05, 0.1) is 35.7 Å². The number of carbonyl (C=O) groups excluding carboxylic acids is 1. The second-order valence-corrected chi connectivity index (χ2v) is 7.28. The molecule has 3 aromatic carbocycles. The summed E-state index contributed by atoms with van der Waals surface area (Å²) in [6.07, 6.45) is 0. The maximum absolute atomic E-state index is 13.3. The molecule has 4 aromatic rings. The molecule has 0 bridgehead atoms. The molecule has 1 aromatic heterocycles. The molecule has 0 aliphatic carbocycles. The Morgan fingerprint density at radius 3 is 2.29 bits per heavy atom. The van der Waals surface area contributed by atoms with Crippen molar-refractivity contribution in [3.8, 4) is 28.4 Å². The number of esters is 1. The van der Waals surface area contributed by atoms with Crippen LogP contribution in [0.1, 0.15) is 16.1 Å². The second-order valence-electron chi connectivity index (χ2n) is 7.28. The largest absolute Gasteiger partial charge is 0.493 e. The molecule has 172 valence electrons. The molecular weight excluding hydrogens is 442 g/mol. The standard InChI is InChI=1S/C25H19NO8/c1-14-23(16-6-11-20(31-2)22(12-16)32-3)24(27)19-10-9-18(13-21(19)33-14)34-25(28)15-4-7-17(8-5-15)26(29)30/h4-13H,1-3H3. The Morgan fingerprint density at radius 1 is 0.941 bits per heavy atom. The van der Waals surface area contributed by atoms with Gasteiger partial charge in [-0.25, -0.2) is 4.79 Å². The molecule has 0 amide bonds. The number of nitro benzene ring substituents is 1. The number of nitrogens with zero attached hydrogens (tertiary/aromatic N) is 1. The predicted molar refractivity (Wildman–Crippen MR) is 124 cm³/mol. The van der Waals surface area contributed by atoms with E-state index >= 15 is 0 Å². The molecule has 0 aliphatic heterocycles. The topological polar surface area (TPSA) is 118 Å². The fourth-order valence-electron chi connectivity index (χ4n) is 3.56. The first-order valence-corrected chi connectivity index (χ1v) is 10.1. The van der Waals surface area contributed by atoms with E-state index in [2.05, 4.69) is 0 Å². The first-order chi connectivity index (χ1) is 16.3. The minimum atomic E-state index is -0.699. The monoisotopic (exact) mass is 461 g/mol. The summed E-state index contributed by atoms with van der Waals surface area (Å²) < 4.78 is 21.8. The molecule has 0 saturated heterocycles. The zero-order chi connectivity index (χ0) is 24.4. The number of aryl methyl sites for hydroxylation is 1. The van der Waals surface area contributed by atoms with Gasteiger partial charge in [0.1, 0.15) is 17.1 Å². The third-order valence-corrected chi connectivity index (χ3v) is 5.24. The zero-order valence-corrected chi connectivity index (χ0v) is 18.5. The van der Waals surface area contributed by atoms with Crippen molar-refractivity contribution in [3.63, 3.8) is 0 Å². The number of nitro groups is 1. The van der Waals surface area contributed by atoms with Crippen molar-refractivity contribution >= 4 is 22.6 Å². The van der Waals surface area contributed by atoms with Crippen LogP contribution in [0.3, 0.4) is 0 Å². The van der Waals surface area contributed by atoms with Gasteiger partial charge in [0.15, 0.2) is 11.5 Å². The van der Waals surface area contributed by atoms with E-state index in [1.165, 1.54) is 56.7 Å². The molecule has 0 aliphatic rings. The van der Waals surface area contributed by atoms with Crippen LogP contribution in [0.5, 0.6) is 17.2 Å². The average Bonchev–Trinajstić information content (AvgIpc) is 2.83. The highest BCUT2D eigenvalue weighted by Crippen LogP contribution is 2.33. The van der Waals surface area contributed by atoms with Crippen LogP contribution in [0, 0.1) is 17.0 Å². The Labute approximate surface area is 193 Å². The van der Waals surface area contributed by atoms with Crippen molar-refractivity contribution in [3.05, 3.63) is 92.3 Å². The van der Waals surface area contributed by atoms with Crippen molar-refractivity contribution in [2.75, 3.05) is 14.2 Å². The highest BCUT2D eigenvalue weighted by molar-refractivity contribution is 5.92. The molecule has 4 rings (SSSR count). The first-order valence-electron chi connectivity index (χ1n) is 10.1. The van der Waals surface area contributed by atoms with Crippen molar-refractivity contribution in [1.29, 1.82) is 0 Å². The van der Waals surface area contributed by atoms with E-state index in [9.17, 15) is 19.7 Å². The van der Waals surface area contributed by atoms with E-state index < -0.39 is 10.9 Å². The molecule has 0 N–H and O–H groups in total. The van der Waals surface area contributed by atoms with Crippen LogP contribution in [-0.2, 0) is 0 Å². The lowest BCUT2D eigenvalue weighted by Gasteiger charge is -2.12. The molecule has 0 saturated carbocycles. The lowest BCUT2D eigenvalue weighted by molar-refractivity contribution is -0.384. The van der Waals surface area contributed by atoms with Crippen molar-refractivity contribution in [1.82, 2.24) is 0 Å². The van der Waals surface area contributed by atoms with Gasteiger partial charge < -0.3 is 18.6 Å². The quantitative estimate of drug-likeness (QED) is 0.172. The van der Waals surface area contributed by atoms with Gasteiger partial charge in [-0.3, -0.25) is 14.9 Å². The Bertz CT molecular complexity index is 1470. The molecular formula is C25H19NO8. The summed E-state index contributed by atoms with van der Waals surface area (Å²) in [6, 6.07) is 14.6. The zero-order valence-electron chi connectivity index (χ0n) is 18.5. The van der Waals surface area contributed by atoms with Gasteiger partial charge in [0, 0.05) is 18.2 Å². The smallest absolute Gasteiger partial charge is 0.343 e. The molecule has 0 fully saturated rings. The van der Waals surface area contributed by atoms with Gasteiger partial charge >= 0.3 is 5.97 Å². The van der Waals surface area contributed by atoms with Gasteiger partial charge in [-0.05, 0) is 48.9 Å². The fourth-order valence-corrected chi connectivity index (χ4v) is 3.56. The van der Waals surface area contributed by atoms with Crippen LogP contribution in [-0.4, -0.2) is 25.1 Å². The second kappa shape index (κ2) is 9.07. The minimum absolute atomic E-state index is 0.134. The van der Waals surface area contributed by atoms with E-state index in [4.69, 9.17) is 18.6 Å². The number of carbonyl (C=O) groups is 1. The Hall–Kier alpha value is -4.66. The van der Waals surface area contributed by atoms with E-state index in [0.29, 0.717) is 33.8 Å². The molecule has 0 unspecified atom stereocenters. The number of rotatable bonds is 6. The van der Waals surface area contributed by atoms with Crippen LogP contribution < -0.4 is 19.6 Å². The molecule has 0 atom stereocenters. The Balaban J connectivity index is 1.67. The molecule has 34 heavy (non-hydrogen) atoms. The summed E-state index contributed by atoms with van der Waals surface area (Å²) in [4.78, 5) is 35.9. The van der Waals surface area contributed by atoms with Crippen molar-refractivity contribution < 1.29 is 28.3 Å².